The van der Waals surface area contributed by atoms with E-state index in [0.29, 0.717) is 12.5 Å². The SMILES string of the molecule is CCC(C)c1ccc(OC(OCCc2ccccc2)C(Cc2ccccc2)OC)cc1. The summed E-state index contributed by atoms with van der Waals surface area (Å²) in [6.45, 7) is 5.01. The lowest BCUT2D eigenvalue weighted by Gasteiger charge is -2.27. The van der Waals surface area contributed by atoms with Crippen LogP contribution in [0.1, 0.15) is 42.9 Å². The third-order valence-corrected chi connectivity index (χ3v) is 5.72. The first-order chi connectivity index (χ1) is 15.2. The van der Waals surface area contributed by atoms with Crippen molar-refractivity contribution in [2.45, 2.75) is 51.4 Å². The van der Waals surface area contributed by atoms with Gasteiger partial charge in [-0.2, -0.15) is 0 Å². The summed E-state index contributed by atoms with van der Waals surface area (Å²) < 4.78 is 18.3. The molecule has 0 fully saturated rings. The van der Waals surface area contributed by atoms with Gasteiger partial charge in [0.25, 0.3) is 0 Å². The quantitative estimate of drug-likeness (QED) is 0.318. The lowest BCUT2D eigenvalue weighted by atomic mass is 9.99. The van der Waals surface area contributed by atoms with Crippen LogP contribution in [0.3, 0.4) is 0 Å². The number of ether oxygens (including phenoxy) is 3. The smallest absolute Gasteiger partial charge is 0.226 e. The van der Waals surface area contributed by atoms with Gasteiger partial charge >= 0.3 is 0 Å². The van der Waals surface area contributed by atoms with Crippen molar-refractivity contribution >= 4 is 0 Å². The number of hydrogen-bond donors (Lipinski definition) is 0. The first kappa shape index (κ1) is 23.1. The van der Waals surface area contributed by atoms with Gasteiger partial charge in [0.2, 0.25) is 6.29 Å². The summed E-state index contributed by atoms with van der Waals surface area (Å²) in [6.07, 6.45) is 1.96. The summed E-state index contributed by atoms with van der Waals surface area (Å²) in [5.74, 6) is 1.34. The van der Waals surface area contributed by atoms with Gasteiger partial charge < -0.3 is 14.2 Å². The van der Waals surface area contributed by atoms with E-state index in [4.69, 9.17) is 14.2 Å². The van der Waals surface area contributed by atoms with E-state index in [0.717, 1.165) is 25.0 Å². The van der Waals surface area contributed by atoms with Crippen molar-refractivity contribution < 1.29 is 14.2 Å². The van der Waals surface area contributed by atoms with Crippen molar-refractivity contribution in [1.29, 1.82) is 0 Å². The summed E-state index contributed by atoms with van der Waals surface area (Å²) in [7, 11) is 1.72. The summed E-state index contributed by atoms with van der Waals surface area (Å²) in [5, 5.41) is 0. The summed E-state index contributed by atoms with van der Waals surface area (Å²) in [5.41, 5.74) is 3.77. The molecule has 0 amide bonds. The molecule has 3 heteroatoms. The second kappa shape index (κ2) is 12.3. The van der Waals surface area contributed by atoms with Crippen LogP contribution in [0.4, 0.5) is 0 Å². The minimum atomic E-state index is -0.497. The van der Waals surface area contributed by atoms with E-state index in [1.165, 1.54) is 16.7 Å². The highest BCUT2D eigenvalue weighted by atomic mass is 16.7. The van der Waals surface area contributed by atoms with E-state index in [1.807, 2.05) is 36.4 Å². The molecule has 3 aromatic carbocycles. The minimum Gasteiger partial charge on any atom is -0.462 e. The maximum atomic E-state index is 6.30. The Morgan fingerprint density at radius 2 is 1.39 bits per heavy atom. The largest absolute Gasteiger partial charge is 0.462 e. The van der Waals surface area contributed by atoms with Crippen molar-refractivity contribution in [3.63, 3.8) is 0 Å². The molecule has 0 aromatic heterocycles. The van der Waals surface area contributed by atoms with Crippen LogP contribution in [-0.4, -0.2) is 26.1 Å². The average molecular weight is 419 g/mol. The molecule has 3 atom stereocenters. The molecule has 3 aromatic rings. The summed E-state index contributed by atoms with van der Waals surface area (Å²) >= 11 is 0. The number of methoxy groups -OCH3 is 1. The maximum absolute atomic E-state index is 6.30. The number of rotatable bonds is 12. The lowest BCUT2D eigenvalue weighted by molar-refractivity contribution is -0.154. The topological polar surface area (TPSA) is 27.7 Å². The molecule has 0 aliphatic carbocycles. The molecule has 164 valence electrons. The predicted molar refractivity (Wildman–Crippen MR) is 127 cm³/mol. The molecule has 3 unspecified atom stereocenters. The fraction of sp³-hybridized carbons (Fsp3) is 0.357. The van der Waals surface area contributed by atoms with Gasteiger partial charge in [0.05, 0.1) is 6.61 Å². The second-order valence-electron chi connectivity index (χ2n) is 7.93. The Bertz CT molecular complexity index is 862. The number of hydrogen-bond acceptors (Lipinski definition) is 3. The zero-order chi connectivity index (χ0) is 21.9. The average Bonchev–Trinajstić information content (AvgIpc) is 2.83. The summed E-state index contributed by atoms with van der Waals surface area (Å²) in [4.78, 5) is 0. The Balaban J connectivity index is 1.70. The van der Waals surface area contributed by atoms with Crippen LogP contribution < -0.4 is 4.74 Å². The second-order valence-corrected chi connectivity index (χ2v) is 7.93. The zero-order valence-corrected chi connectivity index (χ0v) is 18.9. The third-order valence-electron chi connectivity index (χ3n) is 5.72. The van der Waals surface area contributed by atoms with Gasteiger partial charge in [-0.15, -0.1) is 0 Å². The molecule has 0 aliphatic rings. The third kappa shape index (κ3) is 7.23. The summed E-state index contributed by atoms with van der Waals surface area (Å²) in [6, 6.07) is 29.0. The highest BCUT2D eigenvalue weighted by Gasteiger charge is 2.25. The Hall–Kier alpha value is -2.62. The molecule has 0 spiro atoms. The Morgan fingerprint density at radius 3 is 1.97 bits per heavy atom. The van der Waals surface area contributed by atoms with Gasteiger partial charge in [0.1, 0.15) is 11.9 Å². The van der Waals surface area contributed by atoms with Gasteiger partial charge in [-0.05, 0) is 47.6 Å². The van der Waals surface area contributed by atoms with Crippen LogP contribution in [0.25, 0.3) is 0 Å². The van der Waals surface area contributed by atoms with Gasteiger partial charge in [-0.1, -0.05) is 86.6 Å². The van der Waals surface area contributed by atoms with Crippen molar-refractivity contribution in [2.24, 2.45) is 0 Å². The molecule has 3 rings (SSSR count). The Kier molecular flexibility index (Phi) is 9.14. The normalized spacial score (nSPS) is 14.0. The van der Waals surface area contributed by atoms with E-state index < -0.39 is 6.29 Å². The Morgan fingerprint density at radius 1 is 0.774 bits per heavy atom. The van der Waals surface area contributed by atoms with Gasteiger partial charge in [-0.25, -0.2) is 0 Å². The van der Waals surface area contributed by atoms with E-state index in [-0.39, 0.29) is 6.10 Å². The van der Waals surface area contributed by atoms with Crippen molar-refractivity contribution in [1.82, 2.24) is 0 Å². The molecule has 0 N–H and O–H groups in total. The molecule has 0 bridgehead atoms. The van der Waals surface area contributed by atoms with Crippen molar-refractivity contribution in [3.8, 4) is 5.75 Å². The van der Waals surface area contributed by atoms with E-state index in [1.54, 1.807) is 7.11 Å². The van der Waals surface area contributed by atoms with Crippen molar-refractivity contribution in [3.05, 3.63) is 102 Å². The van der Waals surface area contributed by atoms with Gasteiger partial charge in [0.15, 0.2) is 0 Å². The fourth-order valence-corrected chi connectivity index (χ4v) is 3.54. The number of benzene rings is 3. The van der Waals surface area contributed by atoms with Gasteiger partial charge in [-0.3, -0.25) is 0 Å². The van der Waals surface area contributed by atoms with E-state index in [2.05, 4.69) is 62.4 Å². The highest BCUT2D eigenvalue weighted by Crippen LogP contribution is 2.23. The van der Waals surface area contributed by atoms with E-state index >= 15 is 0 Å². The van der Waals surface area contributed by atoms with Crippen LogP contribution in [0.5, 0.6) is 5.75 Å². The lowest BCUT2D eigenvalue weighted by Crippen LogP contribution is -2.38. The predicted octanol–water partition coefficient (Wildman–Crippen LogP) is 6.42. The molecular formula is C28H34O3. The van der Waals surface area contributed by atoms with Crippen LogP contribution in [0.15, 0.2) is 84.9 Å². The minimum absolute atomic E-state index is 0.215. The first-order valence-corrected chi connectivity index (χ1v) is 11.2. The van der Waals surface area contributed by atoms with Crippen LogP contribution in [0, 0.1) is 0 Å². The molecule has 0 radical (unpaired) electrons. The standard InChI is InChI=1S/C28H34O3/c1-4-22(2)25-15-17-26(18-16-25)31-28(30-20-19-23-11-7-5-8-12-23)27(29-3)21-24-13-9-6-10-14-24/h5-18,22,27-28H,4,19-21H2,1-3H3. The van der Waals surface area contributed by atoms with Gasteiger partial charge in [0, 0.05) is 13.5 Å². The van der Waals surface area contributed by atoms with Crippen LogP contribution >= 0.6 is 0 Å². The molecule has 0 saturated heterocycles. The molecule has 0 heterocycles. The molecular weight excluding hydrogens is 384 g/mol. The Labute approximate surface area is 187 Å². The highest BCUT2D eigenvalue weighted by molar-refractivity contribution is 5.29. The molecule has 3 nitrogen and oxygen atoms in total. The fourth-order valence-electron chi connectivity index (χ4n) is 3.54. The molecule has 31 heavy (non-hydrogen) atoms. The zero-order valence-electron chi connectivity index (χ0n) is 18.9. The van der Waals surface area contributed by atoms with Crippen LogP contribution in [0.2, 0.25) is 0 Å². The first-order valence-electron chi connectivity index (χ1n) is 11.2. The maximum Gasteiger partial charge on any atom is 0.226 e. The molecule has 0 aliphatic heterocycles. The van der Waals surface area contributed by atoms with Crippen molar-refractivity contribution in [2.75, 3.05) is 13.7 Å². The monoisotopic (exact) mass is 418 g/mol. The van der Waals surface area contributed by atoms with Crippen LogP contribution in [-0.2, 0) is 22.3 Å². The van der Waals surface area contributed by atoms with E-state index in [9.17, 15) is 0 Å². The molecule has 0 saturated carbocycles.